The lowest BCUT2D eigenvalue weighted by Gasteiger charge is -2.39. The number of fused-ring (bicyclic) bond motifs is 2. The molecule has 188 valence electrons. The van der Waals surface area contributed by atoms with Crippen molar-refractivity contribution in [2.24, 2.45) is 0 Å². The Morgan fingerprint density at radius 3 is 2.20 bits per heavy atom. The highest BCUT2D eigenvalue weighted by atomic mass is 35.5. The van der Waals surface area contributed by atoms with Crippen LogP contribution in [-0.4, -0.2) is 34.7 Å². The molecule has 0 amide bonds. The SMILES string of the molecule is CC(C)(C)OC(=O)c1cc(C2CC2)c(CN2C3CCC2CC(Oc2cc(Cl)cc(Cl)c2)C3)cc1F. The molecule has 3 aliphatic rings. The van der Waals surface area contributed by atoms with E-state index in [-0.39, 0.29) is 11.7 Å². The minimum Gasteiger partial charge on any atom is -0.490 e. The number of halogens is 3. The standard InChI is InChI=1S/C28H32Cl2FNO3/c1-28(2,3)35-27(33)25-14-24(16-4-5-16)17(8-26(25)31)15-32-20-6-7-21(32)13-23(12-20)34-22-10-18(29)9-19(30)11-22/h8-11,14,16,20-21,23H,4-7,12-13,15H2,1-3H3. The number of nitrogens with zero attached hydrogens (tertiary/aromatic N) is 1. The topological polar surface area (TPSA) is 38.8 Å². The Labute approximate surface area is 216 Å². The van der Waals surface area contributed by atoms with Crippen LogP contribution in [0.25, 0.3) is 0 Å². The minimum atomic E-state index is -0.663. The number of ether oxygens (including phenoxy) is 2. The number of piperidine rings is 1. The first-order chi connectivity index (χ1) is 16.6. The van der Waals surface area contributed by atoms with Crippen LogP contribution in [-0.2, 0) is 11.3 Å². The Kier molecular flexibility index (Phi) is 6.80. The van der Waals surface area contributed by atoms with Crippen LogP contribution in [0.1, 0.15) is 86.7 Å². The first-order valence-corrected chi connectivity index (χ1v) is 13.3. The van der Waals surface area contributed by atoms with E-state index in [4.69, 9.17) is 32.7 Å². The van der Waals surface area contributed by atoms with Gasteiger partial charge in [-0.25, -0.2) is 9.18 Å². The summed E-state index contributed by atoms with van der Waals surface area (Å²) in [5.41, 5.74) is 1.47. The van der Waals surface area contributed by atoms with E-state index in [2.05, 4.69) is 4.90 Å². The summed E-state index contributed by atoms with van der Waals surface area (Å²) in [6.07, 6.45) is 6.31. The van der Waals surface area contributed by atoms with Gasteiger partial charge in [-0.15, -0.1) is 0 Å². The Morgan fingerprint density at radius 1 is 1.00 bits per heavy atom. The maximum Gasteiger partial charge on any atom is 0.341 e. The number of rotatable bonds is 6. The zero-order chi connectivity index (χ0) is 24.9. The molecular weight excluding hydrogens is 488 g/mol. The third-order valence-electron chi connectivity index (χ3n) is 7.20. The summed E-state index contributed by atoms with van der Waals surface area (Å²) in [5, 5.41) is 1.13. The molecule has 0 radical (unpaired) electrons. The summed E-state index contributed by atoms with van der Waals surface area (Å²) < 4.78 is 26.8. The molecule has 0 aromatic heterocycles. The van der Waals surface area contributed by atoms with Gasteiger partial charge in [-0.1, -0.05) is 23.2 Å². The summed E-state index contributed by atoms with van der Waals surface area (Å²) in [6, 6.07) is 9.40. The molecule has 2 atom stereocenters. The number of hydrogen-bond acceptors (Lipinski definition) is 4. The first kappa shape index (κ1) is 24.9. The Morgan fingerprint density at radius 2 is 1.63 bits per heavy atom. The van der Waals surface area contributed by atoms with E-state index in [1.807, 2.05) is 0 Å². The van der Waals surface area contributed by atoms with Gasteiger partial charge >= 0.3 is 5.97 Å². The molecule has 2 saturated heterocycles. The molecule has 7 heteroatoms. The lowest BCUT2D eigenvalue weighted by atomic mass is 9.95. The average Bonchev–Trinajstić information content (AvgIpc) is 3.53. The van der Waals surface area contributed by atoms with E-state index >= 15 is 4.39 Å². The van der Waals surface area contributed by atoms with Crippen LogP contribution >= 0.6 is 23.2 Å². The van der Waals surface area contributed by atoms with Gasteiger partial charge in [0.1, 0.15) is 23.3 Å². The number of benzene rings is 2. The Hall–Kier alpha value is -1.82. The second-order valence-electron chi connectivity index (χ2n) is 11.2. The van der Waals surface area contributed by atoms with Crippen LogP contribution in [0, 0.1) is 5.82 Å². The summed E-state index contributed by atoms with van der Waals surface area (Å²) in [5.74, 6) is 0.0127. The second-order valence-corrected chi connectivity index (χ2v) is 12.1. The monoisotopic (exact) mass is 519 g/mol. The molecule has 2 aromatic rings. The van der Waals surface area contributed by atoms with E-state index < -0.39 is 17.4 Å². The van der Waals surface area contributed by atoms with Crippen LogP contribution in [0.15, 0.2) is 30.3 Å². The maximum atomic E-state index is 15.1. The molecule has 2 unspecified atom stereocenters. The zero-order valence-corrected chi connectivity index (χ0v) is 22.0. The van der Waals surface area contributed by atoms with Gasteiger partial charge in [0.2, 0.25) is 0 Å². The van der Waals surface area contributed by atoms with Gasteiger partial charge in [0.05, 0.1) is 5.56 Å². The van der Waals surface area contributed by atoms with E-state index in [1.165, 1.54) is 0 Å². The van der Waals surface area contributed by atoms with Gasteiger partial charge in [-0.2, -0.15) is 0 Å². The van der Waals surface area contributed by atoms with Crippen LogP contribution < -0.4 is 4.74 Å². The number of carbonyl (C=O) groups is 1. The third kappa shape index (κ3) is 5.79. The summed E-state index contributed by atoms with van der Waals surface area (Å²) >= 11 is 12.3. The molecule has 1 aliphatic carbocycles. The summed E-state index contributed by atoms with van der Waals surface area (Å²) in [7, 11) is 0. The van der Waals surface area contributed by atoms with Crippen molar-refractivity contribution >= 4 is 29.2 Å². The molecule has 2 aliphatic heterocycles. The predicted octanol–water partition coefficient (Wildman–Crippen LogP) is 7.54. The molecule has 0 spiro atoms. The van der Waals surface area contributed by atoms with Gasteiger partial charge in [-0.3, -0.25) is 4.90 Å². The van der Waals surface area contributed by atoms with E-state index in [1.54, 1.807) is 51.1 Å². The van der Waals surface area contributed by atoms with E-state index in [0.29, 0.717) is 40.3 Å². The fourth-order valence-corrected chi connectivity index (χ4v) is 6.10. The van der Waals surface area contributed by atoms with E-state index in [0.717, 1.165) is 49.7 Å². The zero-order valence-electron chi connectivity index (χ0n) is 20.5. The van der Waals surface area contributed by atoms with Crippen molar-refractivity contribution in [1.82, 2.24) is 4.90 Å². The van der Waals surface area contributed by atoms with Gasteiger partial charge in [0.15, 0.2) is 0 Å². The molecule has 2 heterocycles. The van der Waals surface area contributed by atoms with E-state index in [9.17, 15) is 4.79 Å². The van der Waals surface area contributed by atoms with Crippen LogP contribution in [0.5, 0.6) is 5.75 Å². The molecule has 2 aromatic carbocycles. The van der Waals surface area contributed by atoms with Crippen molar-refractivity contribution in [2.45, 2.75) is 95.5 Å². The fourth-order valence-electron chi connectivity index (χ4n) is 5.60. The van der Waals surface area contributed by atoms with Crippen molar-refractivity contribution in [3.8, 4) is 5.75 Å². The highest BCUT2D eigenvalue weighted by Gasteiger charge is 2.42. The first-order valence-electron chi connectivity index (χ1n) is 12.5. The lowest BCUT2D eigenvalue weighted by molar-refractivity contribution is 0.00642. The normalized spacial score (nSPS) is 24.5. The molecular formula is C28H32Cl2FNO3. The van der Waals surface area contributed by atoms with Crippen molar-refractivity contribution in [2.75, 3.05) is 0 Å². The molecule has 4 nitrogen and oxygen atoms in total. The Balaban J connectivity index is 1.31. The summed E-state index contributed by atoms with van der Waals surface area (Å²) in [4.78, 5) is 15.1. The van der Waals surface area contributed by atoms with Gasteiger partial charge in [0.25, 0.3) is 0 Å². The highest BCUT2D eigenvalue weighted by Crippen LogP contribution is 2.45. The third-order valence-corrected chi connectivity index (χ3v) is 7.63. The fraction of sp³-hybridized carbons (Fsp3) is 0.536. The molecule has 35 heavy (non-hydrogen) atoms. The van der Waals surface area contributed by atoms with Crippen molar-refractivity contribution in [1.29, 1.82) is 0 Å². The molecule has 0 N–H and O–H groups in total. The number of hydrogen-bond donors (Lipinski definition) is 0. The number of esters is 1. The predicted molar refractivity (Wildman–Crippen MR) is 136 cm³/mol. The summed E-state index contributed by atoms with van der Waals surface area (Å²) in [6.45, 7) is 6.08. The number of carbonyl (C=O) groups excluding carboxylic acids is 1. The Bertz CT molecular complexity index is 1090. The maximum absolute atomic E-state index is 15.1. The minimum absolute atomic E-state index is 0.0424. The second kappa shape index (κ2) is 9.57. The van der Waals surface area contributed by atoms with Crippen LogP contribution in [0.3, 0.4) is 0 Å². The van der Waals surface area contributed by atoms with Gasteiger partial charge in [-0.05, 0) is 107 Å². The van der Waals surface area contributed by atoms with Crippen molar-refractivity contribution in [3.63, 3.8) is 0 Å². The molecule has 5 rings (SSSR count). The quantitative estimate of drug-likeness (QED) is 0.369. The van der Waals surface area contributed by atoms with Gasteiger partial charge in [0, 0.05) is 28.7 Å². The highest BCUT2D eigenvalue weighted by molar-refractivity contribution is 6.34. The van der Waals surface area contributed by atoms with Gasteiger partial charge < -0.3 is 9.47 Å². The van der Waals surface area contributed by atoms with Crippen LogP contribution in [0.2, 0.25) is 10.0 Å². The van der Waals surface area contributed by atoms with Crippen molar-refractivity contribution < 1.29 is 18.7 Å². The van der Waals surface area contributed by atoms with Crippen LogP contribution in [0.4, 0.5) is 4.39 Å². The molecule has 2 bridgehead atoms. The van der Waals surface area contributed by atoms with Crippen molar-refractivity contribution in [3.05, 3.63) is 62.9 Å². The largest absolute Gasteiger partial charge is 0.490 e. The molecule has 3 fully saturated rings. The smallest absolute Gasteiger partial charge is 0.341 e. The average molecular weight is 520 g/mol. The molecule has 1 saturated carbocycles. The lowest BCUT2D eigenvalue weighted by Crippen LogP contribution is -2.45.